The normalized spacial score (nSPS) is 11.3. The number of nitrogens with zero attached hydrogens (tertiary/aromatic N) is 1. The van der Waals surface area contributed by atoms with Crippen molar-refractivity contribution >= 4 is 11.7 Å². The van der Waals surface area contributed by atoms with E-state index in [1.165, 1.54) is 23.9 Å². The van der Waals surface area contributed by atoms with Crippen molar-refractivity contribution in [3.05, 3.63) is 107 Å². The van der Waals surface area contributed by atoms with Crippen LogP contribution in [0.5, 0.6) is 5.75 Å². The largest absolute Gasteiger partial charge is 0.488 e. The van der Waals surface area contributed by atoms with Crippen LogP contribution in [0, 0.1) is 18.6 Å². The van der Waals surface area contributed by atoms with Crippen molar-refractivity contribution in [2.75, 3.05) is 12.5 Å². The van der Waals surface area contributed by atoms with Crippen LogP contribution in [-0.2, 0) is 17.5 Å². The molecule has 4 aromatic rings. The summed E-state index contributed by atoms with van der Waals surface area (Å²) in [5.74, 6) is -2.08. The second kappa shape index (κ2) is 10.3. The Hall–Kier alpha value is -4.34. The first kappa shape index (κ1) is 25.7. The molecule has 192 valence electrons. The number of carbonyl (C=O) groups excluding carboxylic acids is 1. The van der Waals surface area contributed by atoms with Gasteiger partial charge in [-0.2, -0.15) is 13.2 Å². The first-order chi connectivity index (χ1) is 17.6. The second-order valence-electron chi connectivity index (χ2n) is 8.11. The third kappa shape index (κ3) is 5.74. The first-order valence-corrected chi connectivity index (χ1v) is 11.0. The molecule has 10 heteroatoms. The lowest BCUT2D eigenvalue weighted by Gasteiger charge is -2.19. The van der Waals surface area contributed by atoms with Gasteiger partial charge in [0.05, 0.1) is 29.6 Å². The molecule has 5 nitrogen and oxygen atoms in total. The van der Waals surface area contributed by atoms with Crippen molar-refractivity contribution in [3.63, 3.8) is 0 Å². The van der Waals surface area contributed by atoms with Gasteiger partial charge in [0, 0.05) is 22.9 Å². The van der Waals surface area contributed by atoms with Gasteiger partial charge in [-0.3, -0.25) is 10.1 Å². The Morgan fingerprint density at radius 3 is 2.46 bits per heavy atom. The molecule has 0 aliphatic heterocycles. The molecule has 0 spiro atoms. The van der Waals surface area contributed by atoms with Gasteiger partial charge in [0.1, 0.15) is 24.0 Å². The monoisotopic (exact) mass is 516 g/mol. The number of halogens is 5. The molecule has 37 heavy (non-hydrogen) atoms. The zero-order chi connectivity index (χ0) is 26.7. The number of esters is 1. The van der Waals surface area contributed by atoms with Gasteiger partial charge in [-0.15, -0.1) is 0 Å². The number of aromatic nitrogens is 1. The number of anilines is 1. The third-order valence-electron chi connectivity index (χ3n) is 5.58. The van der Waals surface area contributed by atoms with Gasteiger partial charge in [0.2, 0.25) is 0 Å². The highest BCUT2D eigenvalue weighted by Gasteiger charge is 2.32. The zero-order valence-corrected chi connectivity index (χ0v) is 19.7. The maximum atomic E-state index is 14.1. The summed E-state index contributed by atoms with van der Waals surface area (Å²) in [4.78, 5) is 11.9. The maximum Gasteiger partial charge on any atom is 0.416 e. The Morgan fingerprint density at radius 2 is 1.76 bits per heavy atom. The number of nitrogens with one attached hydrogen (secondary N) is 1. The van der Waals surface area contributed by atoms with E-state index < -0.39 is 29.3 Å². The van der Waals surface area contributed by atoms with Crippen molar-refractivity contribution in [2.24, 2.45) is 0 Å². The highest BCUT2D eigenvalue weighted by Crippen LogP contribution is 2.38. The number of ether oxygens (including phenoxy) is 2. The van der Waals surface area contributed by atoms with Crippen LogP contribution in [0.1, 0.15) is 27.2 Å². The van der Waals surface area contributed by atoms with E-state index in [1.807, 2.05) is 0 Å². The molecule has 3 aromatic carbocycles. The van der Waals surface area contributed by atoms with E-state index in [9.17, 15) is 26.7 Å². The summed E-state index contributed by atoms with van der Waals surface area (Å²) in [6, 6.07) is 15.6. The van der Waals surface area contributed by atoms with Gasteiger partial charge in [-0.25, -0.2) is 13.6 Å². The number of rotatable bonds is 7. The van der Waals surface area contributed by atoms with Crippen LogP contribution in [0.3, 0.4) is 0 Å². The number of carbonyl (C=O) groups is 1. The molecule has 0 radical (unpaired) electrons. The molecule has 0 aliphatic rings. The fourth-order valence-electron chi connectivity index (χ4n) is 3.69. The summed E-state index contributed by atoms with van der Waals surface area (Å²) in [5, 5.41) is 0. The zero-order valence-electron chi connectivity index (χ0n) is 19.7. The van der Waals surface area contributed by atoms with E-state index in [0.717, 1.165) is 24.3 Å². The molecule has 0 unspecified atom stereocenters. The van der Waals surface area contributed by atoms with Crippen LogP contribution < -0.4 is 10.2 Å². The minimum atomic E-state index is -4.62. The Morgan fingerprint density at radius 1 is 0.973 bits per heavy atom. The summed E-state index contributed by atoms with van der Waals surface area (Å²) in [6.45, 7) is 1.40. The standard InChI is InChI=1S/C27H21F5N2O3/c1-16-6-10-24(34(16)33-21-5-3-4-17(12-21)26(35)36-2)22-13-19(27(30,31)32)8-11-25(22)37-15-18-7-9-20(28)14-23(18)29/h3-14,33H,15H2,1-2H3. The van der Waals surface area contributed by atoms with Gasteiger partial charge in [0.25, 0.3) is 0 Å². The predicted octanol–water partition coefficient (Wildman–Crippen LogP) is 7.00. The molecule has 0 aliphatic carbocycles. The van der Waals surface area contributed by atoms with Crippen LogP contribution in [0.4, 0.5) is 27.6 Å². The molecular weight excluding hydrogens is 495 g/mol. The maximum absolute atomic E-state index is 14.1. The Bertz CT molecular complexity index is 1450. The number of benzene rings is 3. The number of hydrogen-bond acceptors (Lipinski definition) is 4. The van der Waals surface area contributed by atoms with E-state index in [-0.39, 0.29) is 29.0 Å². The highest BCUT2D eigenvalue weighted by molar-refractivity contribution is 5.90. The number of alkyl halides is 3. The van der Waals surface area contributed by atoms with Crippen LogP contribution in [0.2, 0.25) is 0 Å². The minimum absolute atomic E-state index is 0.0385. The number of aryl methyl sites for hydroxylation is 1. The molecule has 1 heterocycles. The second-order valence-corrected chi connectivity index (χ2v) is 8.11. The molecule has 1 N–H and O–H groups in total. The fraction of sp³-hybridized carbons (Fsp3) is 0.148. The smallest absolute Gasteiger partial charge is 0.416 e. The summed E-state index contributed by atoms with van der Waals surface area (Å²) < 4.78 is 80.1. The van der Waals surface area contributed by atoms with Crippen LogP contribution >= 0.6 is 0 Å². The fourth-order valence-corrected chi connectivity index (χ4v) is 3.69. The average molecular weight is 516 g/mol. The molecule has 0 fully saturated rings. The van der Waals surface area contributed by atoms with Crippen LogP contribution in [0.15, 0.2) is 72.8 Å². The quantitative estimate of drug-likeness (QED) is 0.212. The topological polar surface area (TPSA) is 52.5 Å². The molecule has 0 saturated heterocycles. The van der Waals surface area contributed by atoms with Gasteiger partial charge < -0.3 is 9.47 Å². The Labute approximate surface area is 209 Å². The van der Waals surface area contributed by atoms with Crippen molar-refractivity contribution in [3.8, 4) is 17.0 Å². The van der Waals surface area contributed by atoms with Gasteiger partial charge in [-0.1, -0.05) is 6.07 Å². The summed E-state index contributed by atoms with van der Waals surface area (Å²) in [6.07, 6.45) is -4.62. The Kier molecular flexibility index (Phi) is 7.19. The lowest BCUT2D eigenvalue weighted by atomic mass is 10.1. The highest BCUT2D eigenvalue weighted by atomic mass is 19.4. The lowest BCUT2D eigenvalue weighted by molar-refractivity contribution is -0.137. The van der Waals surface area contributed by atoms with E-state index in [4.69, 9.17) is 9.47 Å². The van der Waals surface area contributed by atoms with Crippen LogP contribution in [0.25, 0.3) is 11.3 Å². The van der Waals surface area contributed by atoms with E-state index >= 15 is 0 Å². The SMILES string of the molecule is COC(=O)c1cccc(Nn2c(C)ccc2-c2cc(C(F)(F)F)ccc2OCc2ccc(F)cc2F)c1. The Balaban J connectivity index is 1.74. The number of methoxy groups -OCH3 is 1. The molecule has 0 atom stereocenters. The van der Waals surface area contributed by atoms with E-state index in [0.29, 0.717) is 23.1 Å². The molecule has 0 saturated carbocycles. The van der Waals surface area contributed by atoms with Crippen molar-refractivity contribution < 1.29 is 36.2 Å². The summed E-state index contributed by atoms with van der Waals surface area (Å²) in [5.41, 5.74) is 4.03. The van der Waals surface area contributed by atoms with E-state index in [2.05, 4.69) is 5.43 Å². The average Bonchev–Trinajstić information content (AvgIpc) is 3.22. The molecule has 4 rings (SSSR count). The van der Waals surface area contributed by atoms with Crippen molar-refractivity contribution in [2.45, 2.75) is 19.7 Å². The third-order valence-corrected chi connectivity index (χ3v) is 5.58. The van der Waals surface area contributed by atoms with Gasteiger partial charge >= 0.3 is 12.1 Å². The van der Waals surface area contributed by atoms with Crippen molar-refractivity contribution in [1.29, 1.82) is 0 Å². The predicted molar refractivity (Wildman–Crippen MR) is 127 cm³/mol. The molecular formula is C27H21F5N2O3. The van der Waals surface area contributed by atoms with Crippen LogP contribution in [-0.4, -0.2) is 17.8 Å². The van der Waals surface area contributed by atoms with Gasteiger partial charge in [-0.05, 0) is 67.6 Å². The van der Waals surface area contributed by atoms with E-state index in [1.54, 1.807) is 37.3 Å². The molecule has 0 bridgehead atoms. The van der Waals surface area contributed by atoms with Gasteiger partial charge in [0.15, 0.2) is 0 Å². The van der Waals surface area contributed by atoms with Crippen molar-refractivity contribution in [1.82, 2.24) is 4.68 Å². The molecule has 1 aromatic heterocycles. The minimum Gasteiger partial charge on any atom is -0.488 e. The first-order valence-electron chi connectivity index (χ1n) is 11.0. The summed E-state index contributed by atoms with van der Waals surface area (Å²) in [7, 11) is 1.25. The number of hydrogen-bond donors (Lipinski definition) is 1. The molecule has 0 amide bonds. The lowest BCUT2D eigenvalue weighted by Crippen LogP contribution is -2.14. The summed E-state index contributed by atoms with van der Waals surface area (Å²) >= 11 is 0.